The van der Waals surface area contributed by atoms with Crippen LogP contribution in [-0.4, -0.2) is 44.6 Å². The van der Waals surface area contributed by atoms with Crippen molar-refractivity contribution in [3.63, 3.8) is 0 Å². The van der Waals surface area contributed by atoms with Gasteiger partial charge in [0.25, 0.3) is 5.91 Å². The molecule has 1 aliphatic heterocycles. The molecule has 0 radical (unpaired) electrons. The summed E-state index contributed by atoms with van der Waals surface area (Å²) >= 11 is 6.32. The van der Waals surface area contributed by atoms with Crippen LogP contribution in [0, 0.1) is 24.7 Å². The Hall–Kier alpha value is -3.63. The molecule has 0 bridgehead atoms. The average Bonchev–Trinajstić information content (AvgIpc) is 3.20. The Kier molecular flexibility index (Phi) is 7.29. The van der Waals surface area contributed by atoms with Crippen LogP contribution in [0.2, 0.25) is 5.02 Å². The summed E-state index contributed by atoms with van der Waals surface area (Å²) in [6.45, 7) is 5.39. The zero-order chi connectivity index (χ0) is 24.1. The van der Waals surface area contributed by atoms with Crippen LogP contribution in [0.25, 0.3) is 0 Å². The molecule has 1 N–H and O–H groups in total. The standard InChI is InChI=1S/C26H26ClN5O2/c1-18-13-21(11-10-20-7-4-3-5-8-20)14-28-25(18)30-26(34)24-23(27)15-29-32(24)17-22-9-6-12-31(16-22)19(2)33/h3-5,7-8,13-15,22H,6,9,12,16-17H2,1-2H3,(H,28,30,34)/t22-/m0/s1. The van der Waals surface area contributed by atoms with Gasteiger partial charge in [0.2, 0.25) is 5.91 Å². The van der Waals surface area contributed by atoms with E-state index in [1.54, 1.807) is 17.8 Å². The number of pyridine rings is 1. The second-order valence-electron chi connectivity index (χ2n) is 8.46. The number of carbonyl (C=O) groups excluding carboxylic acids is 2. The van der Waals surface area contributed by atoms with Crippen molar-refractivity contribution in [3.05, 3.63) is 76.2 Å². The summed E-state index contributed by atoms with van der Waals surface area (Å²) in [6.07, 6.45) is 5.01. The smallest absolute Gasteiger partial charge is 0.276 e. The molecular weight excluding hydrogens is 450 g/mol. The first-order chi connectivity index (χ1) is 16.4. The molecule has 1 aliphatic rings. The first-order valence-corrected chi connectivity index (χ1v) is 11.6. The third-order valence-corrected chi connectivity index (χ3v) is 6.12. The maximum Gasteiger partial charge on any atom is 0.276 e. The fourth-order valence-corrected chi connectivity index (χ4v) is 4.30. The molecule has 1 atom stereocenters. The summed E-state index contributed by atoms with van der Waals surface area (Å²) in [5.41, 5.74) is 2.76. The van der Waals surface area contributed by atoms with Crippen LogP contribution in [0.5, 0.6) is 0 Å². The molecule has 1 fully saturated rings. The highest BCUT2D eigenvalue weighted by atomic mass is 35.5. The van der Waals surface area contributed by atoms with Crippen LogP contribution in [0.4, 0.5) is 5.82 Å². The largest absolute Gasteiger partial charge is 0.343 e. The third kappa shape index (κ3) is 5.64. The summed E-state index contributed by atoms with van der Waals surface area (Å²) in [4.78, 5) is 31.1. The number of hydrogen-bond donors (Lipinski definition) is 1. The summed E-state index contributed by atoms with van der Waals surface area (Å²) in [5.74, 6) is 6.55. The van der Waals surface area contributed by atoms with Gasteiger partial charge in [-0.2, -0.15) is 5.10 Å². The van der Waals surface area contributed by atoms with Crippen molar-refractivity contribution >= 4 is 29.2 Å². The van der Waals surface area contributed by atoms with Gasteiger partial charge in [0.05, 0.1) is 11.2 Å². The van der Waals surface area contributed by atoms with Crippen molar-refractivity contribution in [1.29, 1.82) is 0 Å². The van der Waals surface area contributed by atoms with Crippen molar-refractivity contribution in [1.82, 2.24) is 19.7 Å². The number of anilines is 1. The van der Waals surface area contributed by atoms with Gasteiger partial charge < -0.3 is 10.2 Å². The van der Waals surface area contributed by atoms with Crippen molar-refractivity contribution in [2.75, 3.05) is 18.4 Å². The predicted molar refractivity (Wildman–Crippen MR) is 132 cm³/mol. The Labute approximate surface area is 204 Å². The molecule has 1 saturated heterocycles. The minimum absolute atomic E-state index is 0.0691. The average molecular weight is 476 g/mol. The van der Waals surface area contributed by atoms with E-state index >= 15 is 0 Å². The van der Waals surface area contributed by atoms with Crippen LogP contribution >= 0.6 is 11.6 Å². The number of halogens is 1. The predicted octanol–water partition coefficient (Wildman–Crippen LogP) is 4.15. The first-order valence-electron chi connectivity index (χ1n) is 11.2. The van der Waals surface area contributed by atoms with E-state index in [4.69, 9.17) is 11.6 Å². The summed E-state index contributed by atoms with van der Waals surface area (Å²) < 4.78 is 1.63. The maximum atomic E-state index is 13.1. The fraction of sp³-hybridized carbons (Fsp3) is 0.308. The van der Waals surface area contributed by atoms with Gasteiger partial charge in [-0.1, -0.05) is 41.6 Å². The van der Waals surface area contributed by atoms with Gasteiger partial charge >= 0.3 is 0 Å². The van der Waals surface area contributed by atoms with Crippen LogP contribution in [-0.2, 0) is 11.3 Å². The minimum Gasteiger partial charge on any atom is -0.343 e. The normalized spacial score (nSPS) is 15.4. The molecule has 0 unspecified atom stereocenters. The molecule has 4 rings (SSSR count). The van der Waals surface area contributed by atoms with Crippen molar-refractivity contribution in [2.45, 2.75) is 33.2 Å². The van der Waals surface area contributed by atoms with E-state index in [1.165, 1.54) is 6.20 Å². The Morgan fingerprint density at radius 2 is 1.94 bits per heavy atom. The molecule has 1 aromatic carbocycles. The van der Waals surface area contributed by atoms with Gasteiger partial charge in [0.1, 0.15) is 11.5 Å². The van der Waals surface area contributed by atoms with Gasteiger partial charge in [-0.25, -0.2) is 4.98 Å². The quantitative estimate of drug-likeness (QED) is 0.575. The first kappa shape index (κ1) is 23.5. The zero-order valence-corrected chi connectivity index (χ0v) is 20.0. The number of amides is 2. The number of benzene rings is 1. The Morgan fingerprint density at radius 3 is 2.68 bits per heavy atom. The molecule has 174 valence electrons. The Balaban J connectivity index is 1.46. The number of likely N-dealkylation sites (tertiary alicyclic amines) is 1. The Morgan fingerprint density at radius 1 is 1.18 bits per heavy atom. The van der Waals surface area contributed by atoms with Crippen molar-refractivity contribution in [2.24, 2.45) is 5.92 Å². The SMILES string of the molecule is CC(=O)N1CCC[C@H](Cn2ncc(Cl)c2C(=O)Nc2ncc(C#Cc3ccccc3)cc2C)C1. The summed E-state index contributed by atoms with van der Waals surface area (Å²) in [6, 6.07) is 11.6. The van der Waals surface area contributed by atoms with E-state index in [9.17, 15) is 9.59 Å². The lowest BCUT2D eigenvalue weighted by atomic mass is 9.98. The number of nitrogens with one attached hydrogen (secondary N) is 1. The van der Waals surface area contributed by atoms with Crippen LogP contribution in [0.1, 0.15) is 46.9 Å². The van der Waals surface area contributed by atoms with Crippen molar-refractivity contribution < 1.29 is 9.59 Å². The lowest BCUT2D eigenvalue weighted by Gasteiger charge is -2.32. The van der Waals surface area contributed by atoms with Gasteiger partial charge in [-0.15, -0.1) is 0 Å². The topological polar surface area (TPSA) is 80.1 Å². The van der Waals surface area contributed by atoms with Crippen molar-refractivity contribution in [3.8, 4) is 11.8 Å². The number of piperidine rings is 1. The second kappa shape index (κ2) is 10.5. The zero-order valence-electron chi connectivity index (χ0n) is 19.2. The number of hydrogen-bond acceptors (Lipinski definition) is 4. The highest BCUT2D eigenvalue weighted by molar-refractivity contribution is 6.34. The number of aromatic nitrogens is 3. The van der Waals surface area contributed by atoms with E-state index in [-0.39, 0.29) is 28.4 Å². The van der Waals surface area contributed by atoms with E-state index in [0.717, 1.165) is 36.1 Å². The molecular formula is C26H26ClN5O2. The van der Waals surface area contributed by atoms with Crippen LogP contribution in [0.3, 0.4) is 0 Å². The van der Waals surface area contributed by atoms with Gasteiger partial charge in [0, 0.05) is 43.9 Å². The minimum atomic E-state index is -0.375. The molecule has 34 heavy (non-hydrogen) atoms. The molecule has 7 nitrogen and oxygen atoms in total. The van der Waals surface area contributed by atoms with E-state index in [0.29, 0.717) is 18.9 Å². The van der Waals surface area contributed by atoms with Gasteiger partial charge in [0.15, 0.2) is 0 Å². The molecule has 0 spiro atoms. The third-order valence-electron chi connectivity index (χ3n) is 5.84. The van der Waals surface area contributed by atoms with E-state index < -0.39 is 0 Å². The maximum absolute atomic E-state index is 13.1. The monoisotopic (exact) mass is 475 g/mol. The highest BCUT2D eigenvalue weighted by Gasteiger charge is 2.25. The molecule has 0 saturated carbocycles. The van der Waals surface area contributed by atoms with Crippen LogP contribution < -0.4 is 5.32 Å². The number of aryl methyl sites for hydroxylation is 1. The van der Waals surface area contributed by atoms with Gasteiger partial charge in [-0.3, -0.25) is 14.3 Å². The number of rotatable bonds is 4. The summed E-state index contributed by atoms with van der Waals surface area (Å²) in [5, 5.41) is 7.44. The summed E-state index contributed by atoms with van der Waals surface area (Å²) in [7, 11) is 0. The van der Waals surface area contributed by atoms with E-state index in [2.05, 4.69) is 27.2 Å². The number of carbonyl (C=O) groups is 2. The van der Waals surface area contributed by atoms with Crippen LogP contribution in [0.15, 0.2) is 48.8 Å². The molecule has 2 aromatic heterocycles. The number of nitrogens with zero attached hydrogens (tertiary/aromatic N) is 4. The lowest BCUT2D eigenvalue weighted by molar-refractivity contribution is -0.130. The van der Waals surface area contributed by atoms with E-state index in [1.807, 2.05) is 48.2 Å². The second-order valence-corrected chi connectivity index (χ2v) is 8.86. The lowest BCUT2D eigenvalue weighted by Crippen LogP contribution is -2.40. The van der Waals surface area contributed by atoms with Gasteiger partial charge in [-0.05, 0) is 49.4 Å². The molecule has 8 heteroatoms. The molecule has 3 heterocycles. The highest BCUT2D eigenvalue weighted by Crippen LogP contribution is 2.23. The Bertz CT molecular complexity index is 1260. The molecule has 3 aromatic rings. The molecule has 0 aliphatic carbocycles. The fourth-order valence-electron chi connectivity index (χ4n) is 4.08. The molecule has 2 amide bonds.